The zero-order chi connectivity index (χ0) is 13.1. The van der Waals surface area contributed by atoms with Crippen molar-refractivity contribution in [2.45, 2.75) is 6.92 Å². The van der Waals surface area contributed by atoms with Crippen molar-refractivity contribution in [2.24, 2.45) is 10.7 Å². The van der Waals surface area contributed by atoms with E-state index in [1.54, 1.807) is 19.1 Å². The number of carbonyl (C=O) groups excluding carboxylic acids is 1. The van der Waals surface area contributed by atoms with E-state index in [0.717, 1.165) is 5.56 Å². The monoisotopic (exact) mass is 248 g/mol. The minimum absolute atomic E-state index is 0.199. The van der Waals surface area contributed by atoms with Gasteiger partial charge in [-0.15, -0.1) is 0 Å². The fourth-order valence-corrected chi connectivity index (χ4v) is 1.62. The molecule has 0 unspecified atom stereocenters. The van der Waals surface area contributed by atoms with E-state index in [1.807, 2.05) is 0 Å². The first-order valence-electron chi connectivity index (χ1n) is 5.39. The Labute approximate surface area is 104 Å². The third kappa shape index (κ3) is 2.48. The molecule has 6 heteroatoms. The van der Waals surface area contributed by atoms with Crippen molar-refractivity contribution in [3.63, 3.8) is 0 Å². The van der Waals surface area contributed by atoms with Crippen LogP contribution in [0.4, 0.5) is 10.1 Å². The van der Waals surface area contributed by atoms with Gasteiger partial charge >= 0.3 is 0 Å². The van der Waals surface area contributed by atoms with Gasteiger partial charge in [0.2, 0.25) is 0 Å². The largest absolute Gasteiger partial charge is 0.364 e. The normalized spacial score (nSPS) is 14.3. The molecule has 94 valence electrons. The fraction of sp³-hybridized carbons (Fsp3) is 0.167. The Balaban J connectivity index is 2.29. The van der Waals surface area contributed by atoms with E-state index in [2.05, 4.69) is 15.6 Å². The maximum Gasteiger partial charge on any atom is 0.267 e. The van der Waals surface area contributed by atoms with Crippen molar-refractivity contribution < 1.29 is 9.18 Å². The quantitative estimate of drug-likeness (QED) is 0.742. The van der Waals surface area contributed by atoms with Crippen LogP contribution in [0.5, 0.6) is 0 Å². The Kier molecular flexibility index (Phi) is 3.27. The summed E-state index contributed by atoms with van der Waals surface area (Å²) >= 11 is 0. The Morgan fingerprint density at radius 1 is 1.56 bits per heavy atom. The molecule has 2 rings (SSSR count). The molecule has 0 spiro atoms. The first-order valence-corrected chi connectivity index (χ1v) is 5.39. The van der Waals surface area contributed by atoms with E-state index in [4.69, 9.17) is 5.73 Å². The van der Waals surface area contributed by atoms with Gasteiger partial charge < -0.3 is 16.4 Å². The van der Waals surface area contributed by atoms with Crippen molar-refractivity contribution in [2.75, 3.05) is 11.9 Å². The van der Waals surface area contributed by atoms with Crippen LogP contribution in [0.3, 0.4) is 0 Å². The molecule has 4 N–H and O–H groups in total. The molecule has 1 aliphatic heterocycles. The molecule has 0 saturated heterocycles. The van der Waals surface area contributed by atoms with Gasteiger partial charge in [0.05, 0.1) is 24.3 Å². The maximum atomic E-state index is 13.7. The van der Waals surface area contributed by atoms with Gasteiger partial charge in [-0.3, -0.25) is 9.79 Å². The molecule has 1 aromatic carbocycles. The number of primary amides is 1. The summed E-state index contributed by atoms with van der Waals surface area (Å²) in [5, 5.41) is 5.48. The minimum Gasteiger partial charge on any atom is -0.364 e. The number of nitrogens with zero attached hydrogens (tertiary/aromatic N) is 1. The van der Waals surface area contributed by atoms with Crippen LogP contribution in [0.1, 0.15) is 5.56 Å². The van der Waals surface area contributed by atoms with Gasteiger partial charge in [-0.25, -0.2) is 4.39 Å². The summed E-state index contributed by atoms with van der Waals surface area (Å²) in [6, 6.07) is 4.79. The molecule has 1 aliphatic rings. The van der Waals surface area contributed by atoms with Crippen molar-refractivity contribution >= 4 is 17.9 Å². The molecular formula is C12H13FN4O. The Morgan fingerprint density at radius 2 is 2.33 bits per heavy atom. The maximum absolute atomic E-state index is 13.7. The molecular weight excluding hydrogens is 235 g/mol. The summed E-state index contributed by atoms with van der Waals surface area (Å²) in [5.41, 5.74) is 6.98. The molecule has 1 aromatic rings. The lowest BCUT2D eigenvalue weighted by atomic mass is 10.2. The molecule has 18 heavy (non-hydrogen) atoms. The number of benzene rings is 1. The van der Waals surface area contributed by atoms with Crippen LogP contribution in [-0.4, -0.2) is 18.8 Å². The summed E-state index contributed by atoms with van der Waals surface area (Å²) in [5.74, 6) is -1.00. The van der Waals surface area contributed by atoms with E-state index in [0.29, 0.717) is 5.70 Å². The van der Waals surface area contributed by atoms with Crippen LogP contribution in [0, 0.1) is 12.7 Å². The van der Waals surface area contributed by atoms with Crippen molar-refractivity contribution in [1.29, 1.82) is 0 Å². The molecule has 0 saturated carbocycles. The van der Waals surface area contributed by atoms with Crippen LogP contribution in [0.25, 0.3) is 0 Å². The van der Waals surface area contributed by atoms with Crippen LogP contribution < -0.4 is 16.4 Å². The molecule has 0 aromatic heterocycles. The fourth-order valence-electron chi connectivity index (χ4n) is 1.62. The number of aliphatic imine (C=N–C) groups is 1. The molecule has 0 radical (unpaired) electrons. The molecule has 0 aliphatic carbocycles. The molecule has 1 heterocycles. The van der Waals surface area contributed by atoms with Crippen LogP contribution in [0.15, 0.2) is 34.6 Å². The van der Waals surface area contributed by atoms with Crippen molar-refractivity contribution in [3.05, 3.63) is 41.0 Å². The molecule has 5 nitrogen and oxygen atoms in total. The Bertz CT molecular complexity index is 551. The van der Waals surface area contributed by atoms with Gasteiger partial charge in [0.25, 0.3) is 5.91 Å². The van der Waals surface area contributed by atoms with Crippen molar-refractivity contribution in [1.82, 2.24) is 5.32 Å². The summed E-state index contributed by atoms with van der Waals surface area (Å²) in [7, 11) is 0. The number of nitrogens with two attached hydrogens (primary N) is 1. The third-order valence-corrected chi connectivity index (χ3v) is 2.51. The first-order chi connectivity index (χ1) is 8.58. The number of halogens is 1. The number of anilines is 1. The summed E-state index contributed by atoms with van der Waals surface area (Å²) in [6.45, 7) is 2.05. The Hall–Kier alpha value is -2.37. The minimum atomic E-state index is -0.615. The lowest BCUT2D eigenvalue weighted by Crippen LogP contribution is -2.32. The standard InChI is InChI=1S/C12H13FN4O/c1-7-2-3-9(8(13)4-7)17-10-5-15-6-16-11(10)12(14)18/h2-4,6,17H,5H2,1H3,(H2,14,18)(H,15,16). The highest BCUT2D eigenvalue weighted by Crippen LogP contribution is 2.18. The second-order valence-corrected chi connectivity index (χ2v) is 3.94. The highest BCUT2D eigenvalue weighted by atomic mass is 19.1. The number of aryl methyl sites for hydroxylation is 1. The van der Waals surface area contributed by atoms with Gasteiger partial charge in [-0.1, -0.05) is 6.07 Å². The average Bonchev–Trinajstić information content (AvgIpc) is 2.33. The van der Waals surface area contributed by atoms with Gasteiger partial charge in [0, 0.05) is 0 Å². The summed E-state index contributed by atoms with van der Waals surface area (Å²) in [6.07, 6.45) is 1.39. The highest BCUT2D eigenvalue weighted by Gasteiger charge is 2.15. The SMILES string of the molecule is Cc1ccc(NC2=C(C(N)=O)NC=NC2)c(F)c1. The molecule has 0 fully saturated rings. The van der Waals surface area contributed by atoms with E-state index in [9.17, 15) is 9.18 Å². The second kappa shape index (κ2) is 4.87. The van der Waals surface area contributed by atoms with Crippen LogP contribution >= 0.6 is 0 Å². The first kappa shape index (κ1) is 12.1. The van der Waals surface area contributed by atoms with Gasteiger partial charge in [-0.2, -0.15) is 0 Å². The number of nitrogens with one attached hydrogen (secondary N) is 2. The van der Waals surface area contributed by atoms with E-state index >= 15 is 0 Å². The predicted molar refractivity (Wildman–Crippen MR) is 67.5 cm³/mol. The van der Waals surface area contributed by atoms with E-state index < -0.39 is 5.91 Å². The lowest BCUT2D eigenvalue weighted by molar-refractivity contribution is -0.114. The third-order valence-electron chi connectivity index (χ3n) is 2.51. The zero-order valence-corrected chi connectivity index (χ0v) is 9.83. The molecule has 0 atom stereocenters. The van der Waals surface area contributed by atoms with Crippen molar-refractivity contribution in [3.8, 4) is 0 Å². The zero-order valence-electron chi connectivity index (χ0n) is 9.83. The van der Waals surface area contributed by atoms with Crippen LogP contribution in [-0.2, 0) is 4.79 Å². The van der Waals surface area contributed by atoms with Gasteiger partial charge in [0.1, 0.15) is 11.5 Å². The number of carbonyl (C=O) groups is 1. The predicted octanol–water partition coefficient (Wildman–Crippen LogP) is 0.874. The van der Waals surface area contributed by atoms with E-state index in [-0.39, 0.29) is 23.7 Å². The van der Waals surface area contributed by atoms with Crippen LogP contribution in [0.2, 0.25) is 0 Å². The number of amides is 1. The second-order valence-electron chi connectivity index (χ2n) is 3.94. The number of hydrogen-bond acceptors (Lipinski definition) is 4. The molecule has 0 bridgehead atoms. The lowest BCUT2D eigenvalue weighted by Gasteiger charge is -2.17. The Morgan fingerprint density at radius 3 is 3.00 bits per heavy atom. The topological polar surface area (TPSA) is 79.5 Å². The van der Waals surface area contributed by atoms with Gasteiger partial charge in [-0.05, 0) is 24.6 Å². The average molecular weight is 248 g/mol. The highest BCUT2D eigenvalue weighted by molar-refractivity contribution is 5.95. The van der Waals surface area contributed by atoms with Gasteiger partial charge in [0.15, 0.2) is 0 Å². The summed E-state index contributed by atoms with van der Waals surface area (Å²) < 4.78 is 13.7. The summed E-state index contributed by atoms with van der Waals surface area (Å²) in [4.78, 5) is 15.1. The number of hydrogen-bond donors (Lipinski definition) is 3. The number of rotatable bonds is 3. The molecule has 1 amide bonds. The van der Waals surface area contributed by atoms with E-state index in [1.165, 1.54) is 12.4 Å². The smallest absolute Gasteiger partial charge is 0.267 e.